The molecule has 1 aromatic rings. The number of nitrogens with one attached hydrogen (secondary N) is 2. The number of halogens is 1. The van der Waals surface area contributed by atoms with Crippen molar-refractivity contribution in [2.75, 3.05) is 0 Å². The number of carbonyl (C=O) groups excluding carboxylic acids is 2. The first kappa shape index (κ1) is 18.4. The molecule has 1 aliphatic rings. The van der Waals surface area contributed by atoms with Crippen LogP contribution in [0.4, 0.5) is 4.39 Å². The molecule has 3 N–H and O–H groups in total. The molecule has 132 valence electrons. The average molecular weight is 336 g/mol. The van der Waals surface area contributed by atoms with Crippen LogP contribution in [0.5, 0.6) is 0 Å². The summed E-state index contributed by atoms with van der Waals surface area (Å²) in [6.07, 6.45) is 5.99. The predicted octanol–water partition coefficient (Wildman–Crippen LogP) is 2.76. The number of amides is 2. The molecule has 1 unspecified atom stereocenters. The Labute approximate surface area is 141 Å². The third-order valence-corrected chi connectivity index (χ3v) is 4.46. The van der Waals surface area contributed by atoms with Gasteiger partial charge in [0, 0.05) is 6.42 Å². The largest absolute Gasteiger partial charge is 0.388 e. The van der Waals surface area contributed by atoms with E-state index < -0.39 is 17.8 Å². The molecule has 1 aromatic carbocycles. The summed E-state index contributed by atoms with van der Waals surface area (Å²) in [5.41, 5.74) is 4.99. The lowest BCUT2D eigenvalue weighted by molar-refractivity contribution is -0.130. The Kier molecular flexibility index (Phi) is 7.18. The normalized spacial score (nSPS) is 16.4. The molecule has 1 saturated carbocycles. The highest BCUT2D eigenvalue weighted by Gasteiger charge is 2.16. The molecular weight excluding hydrogens is 311 g/mol. The summed E-state index contributed by atoms with van der Waals surface area (Å²) in [6.45, 7) is 0. The van der Waals surface area contributed by atoms with Crippen LogP contribution in [-0.4, -0.2) is 16.9 Å². The lowest BCUT2D eigenvalue weighted by Crippen LogP contribution is -2.42. The Morgan fingerprint density at radius 1 is 1.17 bits per heavy atom. The average Bonchev–Trinajstić information content (AvgIpc) is 2.59. The molecule has 0 heterocycles. The van der Waals surface area contributed by atoms with Gasteiger partial charge in [-0.25, -0.2) is 4.39 Å². The van der Waals surface area contributed by atoms with Crippen LogP contribution in [0.3, 0.4) is 0 Å². The van der Waals surface area contributed by atoms with Crippen molar-refractivity contribution in [3.05, 3.63) is 35.6 Å². The van der Waals surface area contributed by atoms with Gasteiger partial charge in [0.25, 0.3) is 0 Å². The number of hydrogen-bond donors (Lipinski definition) is 3. The number of aliphatic hydroxyl groups excluding tert-OH is 1. The smallest absolute Gasteiger partial charge is 0.241 e. The molecule has 24 heavy (non-hydrogen) atoms. The van der Waals surface area contributed by atoms with Crippen LogP contribution in [0.1, 0.15) is 63.0 Å². The number of hydrazine groups is 1. The molecule has 0 aliphatic heterocycles. The van der Waals surface area contributed by atoms with E-state index in [-0.39, 0.29) is 12.3 Å². The van der Waals surface area contributed by atoms with Crippen LogP contribution in [0.25, 0.3) is 0 Å². The number of hydrogen-bond acceptors (Lipinski definition) is 3. The van der Waals surface area contributed by atoms with Crippen LogP contribution >= 0.6 is 0 Å². The van der Waals surface area contributed by atoms with Crippen LogP contribution in [-0.2, 0) is 9.59 Å². The molecule has 1 atom stereocenters. The van der Waals surface area contributed by atoms with Crippen molar-refractivity contribution in [3.63, 3.8) is 0 Å². The summed E-state index contributed by atoms with van der Waals surface area (Å²) in [5, 5.41) is 9.91. The summed E-state index contributed by atoms with van der Waals surface area (Å²) in [4.78, 5) is 23.5. The second-order valence-electron chi connectivity index (χ2n) is 6.41. The van der Waals surface area contributed by atoms with E-state index in [4.69, 9.17) is 0 Å². The fraction of sp³-hybridized carbons (Fsp3) is 0.556. The summed E-state index contributed by atoms with van der Waals surface area (Å²) in [7, 11) is 0. The number of rotatable bonds is 6. The fourth-order valence-corrected chi connectivity index (χ4v) is 3.07. The summed E-state index contributed by atoms with van der Waals surface area (Å²) < 4.78 is 13.1. The topological polar surface area (TPSA) is 78.4 Å². The maximum Gasteiger partial charge on any atom is 0.241 e. The SMILES string of the molecule is O=C(CCC1CCCCC1)NNC(=O)CC(O)c1cccc(F)c1. The third-order valence-electron chi connectivity index (χ3n) is 4.46. The van der Waals surface area contributed by atoms with E-state index in [1.807, 2.05) is 0 Å². The van der Waals surface area contributed by atoms with Gasteiger partial charge in [0.1, 0.15) is 5.82 Å². The van der Waals surface area contributed by atoms with Crippen molar-refractivity contribution >= 4 is 11.8 Å². The van der Waals surface area contributed by atoms with E-state index in [9.17, 15) is 19.1 Å². The minimum absolute atomic E-state index is 0.228. The molecule has 0 saturated heterocycles. The van der Waals surface area contributed by atoms with Crippen molar-refractivity contribution in [3.8, 4) is 0 Å². The van der Waals surface area contributed by atoms with E-state index in [1.54, 1.807) is 6.07 Å². The Hall–Kier alpha value is -1.95. The zero-order valence-corrected chi connectivity index (χ0v) is 13.8. The fourth-order valence-electron chi connectivity index (χ4n) is 3.07. The van der Waals surface area contributed by atoms with Gasteiger partial charge in [-0.3, -0.25) is 20.4 Å². The van der Waals surface area contributed by atoms with Gasteiger partial charge in [-0.2, -0.15) is 0 Å². The molecule has 0 aromatic heterocycles. The number of benzene rings is 1. The predicted molar refractivity (Wildman–Crippen MR) is 88.1 cm³/mol. The lowest BCUT2D eigenvalue weighted by atomic mass is 9.86. The first-order valence-corrected chi connectivity index (χ1v) is 8.56. The highest BCUT2D eigenvalue weighted by molar-refractivity contribution is 5.82. The number of aliphatic hydroxyl groups is 1. The zero-order valence-electron chi connectivity index (χ0n) is 13.8. The van der Waals surface area contributed by atoms with E-state index >= 15 is 0 Å². The summed E-state index contributed by atoms with van der Waals surface area (Å²) >= 11 is 0. The standard InChI is InChI=1S/C18H25FN2O3/c19-15-8-4-7-14(11-15)16(22)12-18(24)21-20-17(23)10-9-13-5-2-1-3-6-13/h4,7-8,11,13,16,22H,1-3,5-6,9-10,12H2,(H,20,23)(H,21,24). The van der Waals surface area contributed by atoms with Crippen molar-refractivity contribution in [1.82, 2.24) is 10.9 Å². The van der Waals surface area contributed by atoms with Gasteiger partial charge in [-0.05, 0) is 30.0 Å². The second kappa shape index (κ2) is 9.37. The van der Waals surface area contributed by atoms with Crippen LogP contribution in [0.2, 0.25) is 0 Å². The van der Waals surface area contributed by atoms with Crippen LogP contribution in [0, 0.1) is 11.7 Å². The molecular formula is C18H25FN2O3. The minimum atomic E-state index is -1.11. The van der Waals surface area contributed by atoms with E-state index in [2.05, 4.69) is 10.9 Å². The Balaban J connectivity index is 1.65. The molecule has 2 amide bonds. The molecule has 1 fully saturated rings. The Morgan fingerprint density at radius 3 is 2.58 bits per heavy atom. The Morgan fingerprint density at radius 2 is 1.88 bits per heavy atom. The highest BCUT2D eigenvalue weighted by atomic mass is 19.1. The van der Waals surface area contributed by atoms with Crippen LogP contribution in [0.15, 0.2) is 24.3 Å². The summed E-state index contributed by atoms with van der Waals surface area (Å²) in [5.74, 6) is -0.607. The molecule has 6 heteroatoms. The van der Waals surface area contributed by atoms with Gasteiger partial charge in [-0.1, -0.05) is 44.2 Å². The van der Waals surface area contributed by atoms with E-state index in [0.717, 1.165) is 6.42 Å². The van der Waals surface area contributed by atoms with Crippen molar-refractivity contribution in [2.24, 2.45) is 5.92 Å². The molecule has 5 nitrogen and oxygen atoms in total. The molecule has 0 bridgehead atoms. The first-order chi connectivity index (χ1) is 11.5. The molecule has 0 radical (unpaired) electrons. The van der Waals surface area contributed by atoms with Crippen molar-refractivity contribution in [2.45, 2.75) is 57.5 Å². The number of carbonyl (C=O) groups is 2. The van der Waals surface area contributed by atoms with Gasteiger partial charge >= 0.3 is 0 Å². The van der Waals surface area contributed by atoms with E-state index in [1.165, 1.54) is 50.3 Å². The summed E-state index contributed by atoms with van der Waals surface area (Å²) in [6, 6.07) is 5.46. The molecule has 0 spiro atoms. The Bertz CT molecular complexity index is 559. The van der Waals surface area contributed by atoms with Crippen LogP contribution < -0.4 is 10.9 Å². The first-order valence-electron chi connectivity index (χ1n) is 8.56. The maximum atomic E-state index is 13.1. The van der Waals surface area contributed by atoms with Gasteiger partial charge in [0.2, 0.25) is 11.8 Å². The lowest BCUT2D eigenvalue weighted by Gasteiger charge is -2.21. The quantitative estimate of drug-likeness (QED) is 0.699. The second-order valence-corrected chi connectivity index (χ2v) is 6.41. The molecule has 2 rings (SSSR count). The minimum Gasteiger partial charge on any atom is -0.388 e. The van der Waals surface area contributed by atoms with E-state index in [0.29, 0.717) is 17.9 Å². The highest BCUT2D eigenvalue weighted by Crippen LogP contribution is 2.27. The third kappa shape index (κ3) is 6.28. The van der Waals surface area contributed by atoms with Gasteiger partial charge in [0.05, 0.1) is 12.5 Å². The zero-order chi connectivity index (χ0) is 17.4. The monoisotopic (exact) mass is 336 g/mol. The van der Waals surface area contributed by atoms with Gasteiger partial charge < -0.3 is 5.11 Å². The van der Waals surface area contributed by atoms with Crippen molar-refractivity contribution in [1.29, 1.82) is 0 Å². The molecule has 1 aliphatic carbocycles. The maximum absolute atomic E-state index is 13.1. The van der Waals surface area contributed by atoms with Gasteiger partial charge in [-0.15, -0.1) is 0 Å². The van der Waals surface area contributed by atoms with Crippen molar-refractivity contribution < 1.29 is 19.1 Å². The van der Waals surface area contributed by atoms with Gasteiger partial charge in [0.15, 0.2) is 0 Å².